The third-order valence-electron chi connectivity index (χ3n) is 5.11. The second-order valence-corrected chi connectivity index (χ2v) is 7.27. The first-order chi connectivity index (χ1) is 13.1. The van der Waals surface area contributed by atoms with Crippen LogP contribution < -0.4 is 10.6 Å². The maximum Gasteiger partial charge on any atom is 0.282 e. The third-order valence-corrected chi connectivity index (χ3v) is 5.11. The lowest BCUT2D eigenvalue weighted by Gasteiger charge is -2.39. The van der Waals surface area contributed by atoms with Crippen LogP contribution in [0.1, 0.15) is 6.42 Å². The van der Waals surface area contributed by atoms with E-state index in [9.17, 15) is 26.7 Å². The number of carbonyl (C=O) groups is 1. The molecule has 0 aliphatic carbocycles. The van der Waals surface area contributed by atoms with Gasteiger partial charge in [0.1, 0.15) is 12.7 Å². The zero-order valence-electron chi connectivity index (χ0n) is 14.7. The van der Waals surface area contributed by atoms with E-state index in [0.717, 1.165) is 17.0 Å². The maximum absolute atomic E-state index is 13.8. The van der Waals surface area contributed by atoms with Crippen LogP contribution in [0.5, 0.6) is 0 Å². The van der Waals surface area contributed by atoms with Gasteiger partial charge in [0.15, 0.2) is 11.6 Å². The maximum atomic E-state index is 13.8. The molecule has 152 valence electrons. The lowest BCUT2D eigenvalue weighted by atomic mass is 10.1. The van der Waals surface area contributed by atoms with E-state index in [1.165, 1.54) is 4.57 Å². The van der Waals surface area contributed by atoms with Crippen LogP contribution in [0.15, 0.2) is 12.1 Å². The number of nitrogens with two attached hydrogens (primary N) is 1. The second-order valence-electron chi connectivity index (χ2n) is 7.27. The van der Waals surface area contributed by atoms with Crippen molar-refractivity contribution < 1.29 is 26.7 Å². The fourth-order valence-corrected chi connectivity index (χ4v) is 3.56. The van der Waals surface area contributed by atoms with Gasteiger partial charge in [0, 0.05) is 25.2 Å². The van der Waals surface area contributed by atoms with E-state index in [-0.39, 0.29) is 43.0 Å². The number of amides is 1. The summed E-state index contributed by atoms with van der Waals surface area (Å²) in [5, 5.41) is 0. The summed E-state index contributed by atoms with van der Waals surface area (Å²) in [6, 6.07) is 1.02. The molecule has 0 spiro atoms. The van der Waals surface area contributed by atoms with E-state index in [0.29, 0.717) is 0 Å². The number of nitrogens with zero attached hydrogens (tertiary/aromatic N) is 4. The van der Waals surface area contributed by atoms with Crippen LogP contribution in [-0.2, 0) is 11.3 Å². The molecule has 2 atom stereocenters. The van der Waals surface area contributed by atoms with Crippen molar-refractivity contribution in [2.45, 2.75) is 31.1 Å². The van der Waals surface area contributed by atoms with Crippen molar-refractivity contribution in [3.8, 4) is 0 Å². The average Bonchev–Trinajstić information content (AvgIpc) is 2.93. The van der Waals surface area contributed by atoms with Crippen molar-refractivity contribution in [2.75, 3.05) is 31.1 Å². The molecule has 2 fully saturated rings. The number of carbonyl (C=O) groups excluding carboxylic acids is 1. The highest BCUT2D eigenvalue weighted by atomic mass is 19.3. The number of imidazole rings is 1. The number of alkyl halides is 3. The van der Waals surface area contributed by atoms with Crippen LogP contribution in [0.4, 0.5) is 27.9 Å². The SMILES string of the molecule is N[C@@H]1CN(c2nc3cc(F)c(F)cc3n2CC(=O)N2CC(F)(F)C2)CC[C@H]1F. The Kier molecular flexibility index (Phi) is 4.44. The molecule has 6 nitrogen and oxygen atoms in total. The molecule has 3 heterocycles. The normalized spacial score (nSPS) is 24.5. The van der Waals surface area contributed by atoms with Crippen molar-refractivity contribution in [3.63, 3.8) is 0 Å². The number of hydrogen-bond donors (Lipinski definition) is 1. The Morgan fingerprint density at radius 3 is 2.57 bits per heavy atom. The van der Waals surface area contributed by atoms with Crippen LogP contribution in [-0.4, -0.2) is 64.7 Å². The van der Waals surface area contributed by atoms with Gasteiger partial charge in [-0.3, -0.25) is 4.79 Å². The lowest BCUT2D eigenvalue weighted by molar-refractivity contribution is -0.166. The summed E-state index contributed by atoms with van der Waals surface area (Å²) >= 11 is 0. The molecule has 0 unspecified atom stereocenters. The number of hydrogen-bond acceptors (Lipinski definition) is 4. The van der Waals surface area contributed by atoms with Crippen LogP contribution >= 0.6 is 0 Å². The molecule has 2 aromatic rings. The number of fused-ring (bicyclic) bond motifs is 1. The molecular formula is C17H18F5N5O. The molecule has 1 aromatic heterocycles. The van der Waals surface area contributed by atoms with E-state index < -0.39 is 48.8 Å². The highest BCUT2D eigenvalue weighted by Gasteiger charge is 2.46. The van der Waals surface area contributed by atoms with Gasteiger partial charge >= 0.3 is 0 Å². The highest BCUT2D eigenvalue weighted by molar-refractivity contribution is 5.84. The number of likely N-dealkylation sites (tertiary alicyclic amines) is 1. The van der Waals surface area contributed by atoms with Gasteiger partial charge in [-0.25, -0.2) is 26.9 Å². The third kappa shape index (κ3) is 3.27. The summed E-state index contributed by atoms with van der Waals surface area (Å²) in [5.41, 5.74) is 6.02. The zero-order valence-corrected chi connectivity index (χ0v) is 14.7. The zero-order chi connectivity index (χ0) is 20.2. The molecule has 0 radical (unpaired) electrons. The minimum absolute atomic E-state index is 0.103. The Bertz CT molecular complexity index is 924. The summed E-state index contributed by atoms with van der Waals surface area (Å²) in [6.45, 7) is -1.40. The minimum atomic E-state index is -2.92. The van der Waals surface area contributed by atoms with Crippen molar-refractivity contribution in [1.82, 2.24) is 14.5 Å². The molecule has 1 amide bonds. The fraction of sp³-hybridized carbons (Fsp3) is 0.529. The van der Waals surface area contributed by atoms with E-state index in [2.05, 4.69) is 4.98 Å². The highest BCUT2D eigenvalue weighted by Crippen LogP contribution is 2.30. The second kappa shape index (κ2) is 6.57. The van der Waals surface area contributed by atoms with Gasteiger partial charge in [-0.1, -0.05) is 0 Å². The molecule has 2 N–H and O–H groups in total. The van der Waals surface area contributed by atoms with Crippen LogP contribution in [0.2, 0.25) is 0 Å². The first-order valence-corrected chi connectivity index (χ1v) is 8.80. The molecule has 2 aliphatic heterocycles. The summed E-state index contributed by atoms with van der Waals surface area (Å²) in [7, 11) is 0. The molecule has 2 aliphatic rings. The van der Waals surface area contributed by atoms with Gasteiger partial charge in [-0.05, 0) is 6.42 Å². The van der Waals surface area contributed by atoms with Gasteiger partial charge in [-0.15, -0.1) is 0 Å². The van der Waals surface area contributed by atoms with Gasteiger partial charge in [0.25, 0.3) is 5.92 Å². The lowest BCUT2D eigenvalue weighted by Crippen LogP contribution is -2.59. The molecular weight excluding hydrogens is 385 g/mol. The Morgan fingerprint density at radius 2 is 1.93 bits per heavy atom. The minimum Gasteiger partial charge on any atom is -0.340 e. The molecule has 0 saturated carbocycles. The smallest absolute Gasteiger partial charge is 0.282 e. The number of piperidine rings is 1. The monoisotopic (exact) mass is 403 g/mol. The Labute approximate surface area is 156 Å². The molecule has 1 aromatic carbocycles. The first-order valence-electron chi connectivity index (χ1n) is 8.80. The van der Waals surface area contributed by atoms with Gasteiger partial charge in [-0.2, -0.15) is 0 Å². The quantitative estimate of drug-likeness (QED) is 0.792. The Morgan fingerprint density at radius 1 is 1.25 bits per heavy atom. The van der Waals surface area contributed by atoms with Gasteiger partial charge < -0.3 is 20.1 Å². The van der Waals surface area contributed by atoms with Crippen LogP contribution in [0.3, 0.4) is 0 Å². The van der Waals surface area contributed by atoms with E-state index >= 15 is 0 Å². The van der Waals surface area contributed by atoms with Crippen molar-refractivity contribution in [3.05, 3.63) is 23.8 Å². The summed E-state index contributed by atoms with van der Waals surface area (Å²) in [4.78, 5) is 19.3. The van der Waals surface area contributed by atoms with Gasteiger partial charge in [0.05, 0.1) is 30.2 Å². The topological polar surface area (TPSA) is 67.4 Å². The predicted octanol–water partition coefficient (Wildman–Crippen LogP) is 1.67. The molecule has 4 rings (SSSR count). The van der Waals surface area contributed by atoms with Crippen molar-refractivity contribution in [1.29, 1.82) is 0 Å². The first kappa shape index (κ1) is 18.9. The Hall–Kier alpha value is -2.43. The van der Waals surface area contributed by atoms with Crippen molar-refractivity contribution in [2.24, 2.45) is 5.73 Å². The fourth-order valence-electron chi connectivity index (χ4n) is 3.56. The predicted molar refractivity (Wildman–Crippen MR) is 90.9 cm³/mol. The van der Waals surface area contributed by atoms with E-state index in [1.807, 2.05) is 0 Å². The van der Waals surface area contributed by atoms with Crippen LogP contribution in [0, 0.1) is 11.6 Å². The van der Waals surface area contributed by atoms with E-state index in [4.69, 9.17) is 5.73 Å². The molecule has 0 bridgehead atoms. The van der Waals surface area contributed by atoms with Crippen molar-refractivity contribution >= 4 is 22.9 Å². The molecule has 28 heavy (non-hydrogen) atoms. The molecule has 2 saturated heterocycles. The van der Waals surface area contributed by atoms with Gasteiger partial charge in [0.2, 0.25) is 11.9 Å². The number of benzene rings is 1. The van der Waals surface area contributed by atoms with Crippen LogP contribution in [0.25, 0.3) is 11.0 Å². The number of rotatable bonds is 3. The average molecular weight is 403 g/mol. The number of halogens is 5. The standard InChI is InChI=1S/C17H18F5N5O/c18-9-1-2-25(5-12(9)23)16-24-13-3-10(19)11(20)4-14(13)27(16)6-15(28)26-7-17(21,22)8-26/h3-4,9,12H,1-2,5-8,23H2/t9-,12-/m1/s1. The number of anilines is 1. The summed E-state index contributed by atoms with van der Waals surface area (Å²) in [5.74, 6) is -5.54. The Balaban J connectivity index is 1.70. The summed E-state index contributed by atoms with van der Waals surface area (Å²) in [6.07, 6.45) is -1.05. The van der Waals surface area contributed by atoms with E-state index in [1.54, 1.807) is 4.90 Å². The summed E-state index contributed by atoms with van der Waals surface area (Å²) < 4.78 is 68.6. The number of aromatic nitrogens is 2. The largest absolute Gasteiger partial charge is 0.340 e. The molecule has 11 heteroatoms.